The third kappa shape index (κ3) is 5.65. The van der Waals surface area contributed by atoms with E-state index in [1.165, 1.54) is 5.56 Å². The zero-order chi connectivity index (χ0) is 15.2. The first-order valence-corrected chi connectivity index (χ1v) is 7.03. The molecule has 0 atom stereocenters. The molecule has 0 fully saturated rings. The molecule has 0 amide bonds. The van der Waals surface area contributed by atoms with Crippen LogP contribution in [0.1, 0.15) is 26.3 Å². The molecule has 1 aromatic carbocycles. The van der Waals surface area contributed by atoms with Crippen LogP contribution in [0.25, 0.3) is 0 Å². The largest absolute Gasteiger partial charge is 0.493 e. The normalized spacial score (nSPS) is 10.8. The van der Waals surface area contributed by atoms with E-state index in [1.807, 2.05) is 18.2 Å². The molecule has 0 radical (unpaired) electrons. The molecule has 20 heavy (non-hydrogen) atoms. The van der Waals surface area contributed by atoms with Gasteiger partial charge in [0.1, 0.15) is 0 Å². The van der Waals surface area contributed by atoms with Crippen molar-refractivity contribution in [2.45, 2.75) is 32.7 Å². The van der Waals surface area contributed by atoms with E-state index in [9.17, 15) is 0 Å². The molecule has 0 aliphatic carbocycles. The average Bonchev–Trinajstić information content (AvgIpc) is 2.36. The number of hydrogen-bond acceptors (Lipinski definition) is 3. The summed E-state index contributed by atoms with van der Waals surface area (Å²) in [6.45, 7) is 7.01. The van der Waals surface area contributed by atoms with Crippen LogP contribution in [0, 0.1) is 0 Å². The lowest BCUT2D eigenvalue weighted by atomic mass is 10.1. The Hall–Kier alpha value is -1.49. The van der Waals surface area contributed by atoms with Crippen LogP contribution in [-0.4, -0.2) is 31.4 Å². The van der Waals surface area contributed by atoms with E-state index in [1.54, 1.807) is 14.2 Å². The molecule has 1 rings (SSSR count). The fourth-order valence-electron chi connectivity index (χ4n) is 1.74. The number of benzene rings is 1. The SMILES string of the molecule is COc1ccc(CCNC(=S)NC(C)(C)C)cc1OC. The third-order valence-electron chi connectivity index (χ3n) is 2.64. The van der Waals surface area contributed by atoms with Crippen LogP contribution in [0.15, 0.2) is 18.2 Å². The summed E-state index contributed by atoms with van der Waals surface area (Å²) in [6, 6.07) is 5.93. The lowest BCUT2D eigenvalue weighted by molar-refractivity contribution is 0.354. The summed E-state index contributed by atoms with van der Waals surface area (Å²) in [6.07, 6.45) is 0.867. The predicted molar refractivity (Wildman–Crippen MR) is 86.7 cm³/mol. The van der Waals surface area contributed by atoms with Crippen molar-refractivity contribution in [3.05, 3.63) is 23.8 Å². The predicted octanol–water partition coefficient (Wildman–Crippen LogP) is 2.51. The number of ether oxygens (including phenoxy) is 2. The van der Waals surface area contributed by atoms with Crippen LogP contribution in [0.4, 0.5) is 0 Å². The van der Waals surface area contributed by atoms with Crippen LogP contribution in [0.3, 0.4) is 0 Å². The van der Waals surface area contributed by atoms with E-state index in [0.717, 1.165) is 24.5 Å². The Morgan fingerprint density at radius 2 is 1.80 bits per heavy atom. The standard InChI is InChI=1S/C15H24N2O2S/c1-15(2,3)17-14(20)16-9-8-11-6-7-12(18-4)13(10-11)19-5/h6-7,10H,8-9H2,1-5H3,(H2,16,17,20). The van der Waals surface area contributed by atoms with Gasteiger partial charge in [-0.1, -0.05) is 6.07 Å². The highest BCUT2D eigenvalue weighted by atomic mass is 32.1. The summed E-state index contributed by atoms with van der Waals surface area (Å²) in [4.78, 5) is 0. The zero-order valence-corrected chi connectivity index (χ0v) is 13.7. The second kappa shape index (κ2) is 7.33. The number of hydrogen-bond donors (Lipinski definition) is 2. The molecule has 0 aliphatic heterocycles. The van der Waals surface area contributed by atoms with Gasteiger partial charge in [-0.15, -0.1) is 0 Å². The maximum atomic E-state index is 5.29. The molecule has 1 aromatic rings. The number of rotatable bonds is 5. The maximum Gasteiger partial charge on any atom is 0.166 e. The minimum Gasteiger partial charge on any atom is -0.493 e. The minimum atomic E-state index is -0.0204. The summed E-state index contributed by atoms with van der Waals surface area (Å²) >= 11 is 5.24. The van der Waals surface area contributed by atoms with Crippen molar-refractivity contribution < 1.29 is 9.47 Å². The fraction of sp³-hybridized carbons (Fsp3) is 0.533. The summed E-state index contributed by atoms with van der Waals surface area (Å²) < 4.78 is 10.5. The fourth-order valence-corrected chi connectivity index (χ4v) is 2.15. The van der Waals surface area contributed by atoms with Gasteiger partial charge in [-0.2, -0.15) is 0 Å². The van der Waals surface area contributed by atoms with Gasteiger partial charge < -0.3 is 20.1 Å². The van der Waals surface area contributed by atoms with E-state index >= 15 is 0 Å². The van der Waals surface area contributed by atoms with E-state index in [2.05, 4.69) is 31.4 Å². The monoisotopic (exact) mass is 296 g/mol. The van der Waals surface area contributed by atoms with Crippen molar-refractivity contribution in [3.8, 4) is 11.5 Å². The molecule has 0 saturated heterocycles. The van der Waals surface area contributed by atoms with Crippen molar-refractivity contribution in [1.29, 1.82) is 0 Å². The molecule has 0 heterocycles. The van der Waals surface area contributed by atoms with Gasteiger partial charge in [-0.3, -0.25) is 0 Å². The number of methoxy groups -OCH3 is 2. The summed E-state index contributed by atoms with van der Waals surface area (Å²) in [5, 5.41) is 7.10. The molecule has 0 aromatic heterocycles. The van der Waals surface area contributed by atoms with Crippen LogP contribution < -0.4 is 20.1 Å². The highest BCUT2D eigenvalue weighted by Gasteiger charge is 2.10. The number of nitrogens with one attached hydrogen (secondary N) is 2. The smallest absolute Gasteiger partial charge is 0.166 e. The average molecular weight is 296 g/mol. The van der Waals surface area contributed by atoms with Gasteiger partial charge in [0, 0.05) is 12.1 Å². The van der Waals surface area contributed by atoms with E-state index in [0.29, 0.717) is 5.11 Å². The Morgan fingerprint density at radius 3 is 2.35 bits per heavy atom. The first-order chi connectivity index (χ1) is 9.35. The molecule has 2 N–H and O–H groups in total. The molecule has 0 bridgehead atoms. The van der Waals surface area contributed by atoms with E-state index in [4.69, 9.17) is 21.7 Å². The first kappa shape index (κ1) is 16.6. The summed E-state index contributed by atoms with van der Waals surface area (Å²) in [5.74, 6) is 1.49. The lowest BCUT2D eigenvalue weighted by Crippen LogP contribution is -2.46. The molecule has 0 spiro atoms. The van der Waals surface area contributed by atoms with Gasteiger partial charge in [0.15, 0.2) is 16.6 Å². The van der Waals surface area contributed by atoms with Gasteiger partial charge in [-0.25, -0.2) is 0 Å². The topological polar surface area (TPSA) is 42.5 Å². The molecule has 0 unspecified atom stereocenters. The molecule has 112 valence electrons. The molecule has 5 heteroatoms. The Bertz CT molecular complexity index is 456. The third-order valence-corrected chi connectivity index (χ3v) is 2.88. The van der Waals surface area contributed by atoms with Gasteiger partial charge in [0.25, 0.3) is 0 Å². The minimum absolute atomic E-state index is 0.0204. The summed E-state index contributed by atoms with van der Waals surface area (Å²) in [5.41, 5.74) is 1.15. The molecule has 0 aliphatic rings. The number of thiocarbonyl (C=S) groups is 1. The first-order valence-electron chi connectivity index (χ1n) is 6.62. The van der Waals surface area contributed by atoms with Crippen molar-refractivity contribution in [2.75, 3.05) is 20.8 Å². The quantitative estimate of drug-likeness (QED) is 0.817. The van der Waals surface area contributed by atoms with Crippen LogP contribution in [0.2, 0.25) is 0 Å². The Balaban J connectivity index is 2.48. The van der Waals surface area contributed by atoms with Crippen LogP contribution >= 0.6 is 12.2 Å². The highest BCUT2D eigenvalue weighted by molar-refractivity contribution is 7.80. The van der Waals surface area contributed by atoms with Crippen molar-refractivity contribution in [2.24, 2.45) is 0 Å². The molecule has 0 saturated carbocycles. The van der Waals surface area contributed by atoms with Crippen molar-refractivity contribution in [1.82, 2.24) is 10.6 Å². The molecule has 4 nitrogen and oxygen atoms in total. The Kier molecular flexibility index (Phi) is 6.07. The van der Waals surface area contributed by atoms with Crippen LogP contribution in [-0.2, 0) is 6.42 Å². The molecular formula is C15H24N2O2S. The highest BCUT2D eigenvalue weighted by Crippen LogP contribution is 2.27. The zero-order valence-electron chi connectivity index (χ0n) is 12.9. The van der Waals surface area contributed by atoms with Crippen LogP contribution in [0.5, 0.6) is 11.5 Å². The van der Waals surface area contributed by atoms with E-state index in [-0.39, 0.29) is 5.54 Å². The van der Waals surface area contributed by atoms with Gasteiger partial charge in [-0.05, 0) is 57.1 Å². The second-order valence-corrected chi connectivity index (χ2v) is 5.98. The van der Waals surface area contributed by atoms with E-state index < -0.39 is 0 Å². The van der Waals surface area contributed by atoms with Crippen molar-refractivity contribution >= 4 is 17.3 Å². The van der Waals surface area contributed by atoms with Gasteiger partial charge in [0.05, 0.1) is 14.2 Å². The second-order valence-electron chi connectivity index (χ2n) is 5.57. The van der Waals surface area contributed by atoms with Crippen molar-refractivity contribution in [3.63, 3.8) is 0 Å². The van der Waals surface area contributed by atoms with Gasteiger partial charge >= 0.3 is 0 Å². The maximum absolute atomic E-state index is 5.29. The summed E-state index contributed by atoms with van der Waals surface area (Å²) in [7, 11) is 3.28. The lowest BCUT2D eigenvalue weighted by Gasteiger charge is -2.23. The van der Waals surface area contributed by atoms with Gasteiger partial charge in [0.2, 0.25) is 0 Å². The molecular weight excluding hydrogens is 272 g/mol. The Morgan fingerprint density at radius 1 is 1.15 bits per heavy atom. The Labute approximate surface area is 126 Å².